The fourth-order valence-corrected chi connectivity index (χ4v) is 2.25. The smallest absolute Gasteiger partial charge is 0.271 e. The fraction of sp³-hybridized carbons (Fsp3) is 0.235. The van der Waals surface area contributed by atoms with Crippen LogP contribution >= 0.6 is 0 Å². The summed E-state index contributed by atoms with van der Waals surface area (Å²) in [7, 11) is 0. The second kappa shape index (κ2) is 9.82. The molecule has 0 aliphatic carbocycles. The molecule has 27 heavy (non-hydrogen) atoms. The molecule has 2 aromatic rings. The zero-order valence-electron chi connectivity index (χ0n) is 14.4. The number of rotatable bonds is 10. The van der Waals surface area contributed by atoms with E-state index in [1.54, 1.807) is 18.2 Å². The Hall–Kier alpha value is -3.53. The highest BCUT2D eigenvalue weighted by molar-refractivity contribution is 5.92. The Bertz CT molecular complexity index is 810. The van der Waals surface area contributed by atoms with Crippen LogP contribution in [-0.2, 0) is 4.79 Å². The number of nitrogens with one attached hydrogen (secondary N) is 3. The van der Waals surface area contributed by atoms with E-state index < -0.39 is 9.85 Å². The molecule has 0 spiro atoms. The monoisotopic (exact) mass is 373 g/mol. The van der Waals surface area contributed by atoms with Crippen molar-refractivity contribution >= 4 is 28.7 Å². The lowest BCUT2D eigenvalue weighted by atomic mass is 10.2. The SMILES string of the molecule is O=C(CNCCCNc1ccc([N+](=O)[O-])cc1)Nc1cccc([N+](=O)[O-])c1. The molecule has 0 radical (unpaired) electrons. The molecule has 0 fully saturated rings. The molecule has 0 atom stereocenters. The van der Waals surface area contributed by atoms with Gasteiger partial charge in [0.1, 0.15) is 0 Å². The standard InChI is InChI=1S/C17H19N5O5/c23-17(20-14-3-1-4-16(11-14)22(26)27)12-18-9-2-10-19-13-5-7-15(8-6-13)21(24)25/h1,3-8,11,18-19H,2,9-10,12H2,(H,20,23). The first kappa shape index (κ1) is 19.8. The van der Waals surface area contributed by atoms with E-state index in [0.717, 1.165) is 12.1 Å². The summed E-state index contributed by atoms with van der Waals surface area (Å²) in [5.74, 6) is -0.293. The predicted molar refractivity (Wildman–Crippen MR) is 101 cm³/mol. The van der Waals surface area contributed by atoms with Gasteiger partial charge in [-0.2, -0.15) is 0 Å². The number of carbonyl (C=O) groups is 1. The molecule has 0 bridgehead atoms. The highest BCUT2D eigenvalue weighted by atomic mass is 16.6. The summed E-state index contributed by atoms with van der Waals surface area (Å²) in [5.41, 5.74) is 1.11. The van der Waals surface area contributed by atoms with Gasteiger partial charge in [-0.25, -0.2) is 0 Å². The van der Waals surface area contributed by atoms with E-state index in [0.29, 0.717) is 18.8 Å². The molecular formula is C17H19N5O5. The predicted octanol–water partition coefficient (Wildman–Crippen LogP) is 2.53. The fourth-order valence-electron chi connectivity index (χ4n) is 2.25. The zero-order chi connectivity index (χ0) is 19.6. The van der Waals surface area contributed by atoms with Crippen LogP contribution in [0.25, 0.3) is 0 Å². The third-order valence-electron chi connectivity index (χ3n) is 3.56. The van der Waals surface area contributed by atoms with Gasteiger partial charge in [0.15, 0.2) is 0 Å². The van der Waals surface area contributed by atoms with Crippen LogP contribution in [0.3, 0.4) is 0 Å². The van der Waals surface area contributed by atoms with Crippen molar-refractivity contribution in [2.75, 3.05) is 30.3 Å². The van der Waals surface area contributed by atoms with E-state index in [1.165, 1.54) is 30.3 Å². The number of anilines is 2. The topological polar surface area (TPSA) is 139 Å². The van der Waals surface area contributed by atoms with E-state index >= 15 is 0 Å². The number of hydrogen-bond donors (Lipinski definition) is 3. The molecule has 0 aliphatic heterocycles. The molecule has 0 saturated heterocycles. The van der Waals surface area contributed by atoms with E-state index in [9.17, 15) is 25.0 Å². The summed E-state index contributed by atoms with van der Waals surface area (Å²) in [6, 6.07) is 11.9. The quantitative estimate of drug-likeness (QED) is 0.330. The minimum absolute atomic E-state index is 0.0389. The van der Waals surface area contributed by atoms with Crippen LogP contribution in [0, 0.1) is 20.2 Å². The third-order valence-corrected chi connectivity index (χ3v) is 3.56. The van der Waals surface area contributed by atoms with Crippen molar-refractivity contribution in [2.24, 2.45) is 0 Å². The Labute approximate surface area is 154 Å². The van der Waals surface area contributed by atoms with Crippen LogP contribution in [0.4, 0.5) is 22.7 Å². The number of amides is 1. The number of benzene rings is 2. The van der Waals surface area contributed by atoms with Crippen molar-refractivity contribution in [1.29, 1.82) is 0 Å². The lowest BCUT2D eigenvalue weighted by Crippen LogP contribution is -2.29. The van der Waals surface area contributed by atoms with Gasteiger partial charge in [-0.05, 0) is 31.2 Å². The normalized spacial score (nSPS) is 10.2. The van der Waals surface area contributed by atoms with Crippen LogP contribution in [0.1, 0.15) is 6.42 Å². The second-order valence-electron chi connectivity index (χ2n) is 5.62. The molecule has 2 rings (SSSR count). The molecule has 1 amide bonds. The molecule has 0 heterocycles. The highest BCUT2D eigenvalue weighted by Gasteiger charge is 2.08. The molecule has 10 heteroatoms. The van der Waals surface area contributed by atoms with Crippen molar-refractivity contribution in [1.82, 2.24) is 5.32 Å². The Balaban J connectivity index is 1.62. The van der Waals surface area contributed by atoms with E-state index in [4.69, 9.17) is 0 Å². The molecule has 2 aromatic carbocycles. The first-order valence-electron chi connectivity index (χ1n) is 8.19. The molecule has 3 N–H and O–H groups in total. The van der Waals surface area contributed by atoms with Crippen LogP contribution in [-0.4, -0.2) is 35.4 Å². The van der Waals surface area contributed by atoms with Crippen molar-refractivity contribution in [3.8, 4) is 0 Å². The highest BCUT2D eigenvalue weighted by Crippen LogP contribution is 2.17. The maximum Gasteiger partial charge on any atom is 0.271 e. The summed E-state index contributed by atoms with van der Waals surface area (Å²) in [6.45, 7) is 1.31. The lowest BCUT2D eigenvalue weighted by molar-refractivity contribution is -0.385. The van der Waals surface area contributed by atoms with Gasteiger partial charge < -0.3 is 16.0 Å². The molecule has 142 valence electrons. The second-order valence-corrected chi connectivity index (χ2v) is 5.62. The molecular weight excluding hydrogens is 354 g/mol. The molecule has 0 aliphatic rings. The molecule has 0 unspecified atom stereocenters. The van der Waals surface area contributed by atoms with Gasteiger partial charge >= 0.3 is 0 Å². The van der Waals surface area contributed by atoms with Crippen LogP contribution in [0.15, 0.2) is 48.5 Å². The van der Waals surface area contributed by atoms with Crippen molar-refractivity contribution in [2.45, 2.75) is 6.42 Å². The molecule has 0 saturated carbocycles. The average Bonchev–Trinajstić information content (AvgIpc) is 2.65. The maximum atomic E-state index is 11.8. The van der Waals surface area contributed by atoms with Gasteiger partial charge in [0, 0.05) is 42.2 Å². The maximum absolute atomic E-state index is 11.8. The zero-order valence-corrected chi connectivity index (χ0v) is 14.4. The number of nitro benzene ring substituents is 2. The summed E-state index contributed by atoms with van der Waals surface area (Å²) in [5, 5.41) is 30.0. The Morgan fingerprint density at radius 1 is 0.889 bits per heavy atom. The van der Waals surface area contributed by atoms with Gasteiger partial charge in [0.05, 0.1) is 16.4 Å². The Morgan fingerprint density at radius 2 is 1.59 bits per heavy atom. The van der Waals surface area contributed by atoms with Gasteiger partial charge in [-0.15, -0.1) is 0 Å². The van der Waals surface area contributed by atoms with E-state index in [-0.39, 0.29) is 23.8 Å². The van der Waals surface area contributed by atoms with Crippen LogP contribution < -0.4 is 16.0 Å². The van der Waals surface area contributed by atoms with E-state index in [1.807, 2.05) is 0 Å². The van der Waals surface area contributed by atoms with E-state index in [2.05, 4.69) is 16.0 Å². The van der Waals surface area contributed by atoms with Crippen molar-refractivity contribution in [3.05, 3.63) is 68.8 Å². The minimum atomic E-state index is -0.522. The number of carbonyl (C=O) groups excluding carboxylic acids is 1. The van der Waals surface area contributed by atoms with Crippen molar-refractivity contribution in [3.63, 3.8) is 0 Å². The average molecular weight is 373 g/mol. The number of nitrogens with zero attached hydrogens (tertiary/aromatic N) is 2. The minimum Gasteiger partial charge on any atom is -0.385 e. The van der Waals surface area contributed by atoms with Gasteiger partial charge in [0.2, 0.25) is 5.91 Å². The Morgan fingerprint density at radius 3 is 2.26 bits per heavy atom. The van der Waals surface area contributed by atoms with Gasteiger partial charge in [-0.1, -0.05) is 6.07 Å². The summed E-state index contributed by atoms with van der Waals surface area (Å²) >= 11 is 0. The Kier molecular flexibility index (Phi) is 7.20. The summed E-state index contributed by atoms with van der Waals surface area (Å²) < 4.78 is 0. The first-order chi connectivity index (χ1) is 13.0. The lowest BCUT2D eigenvalue weighted by Gasteiger charge is -2.08. The molecule has 0 aromatic heterocycles. The van der Waals surface area contributed by atoms with Crippen LogP contribution in [0.2, 0.25) is 0 Å². The molecule has 10 nitrogen and oxygen atoms in total. The number of hydrogen-bond acceptors (Lipinski definition) is 7. The summed E-state index contributed by atoms with van der Waals surface area (Å²) in [6.07, 6.45) is 0.737. The van der Waals surface area contributed by atoms with Gasteiger partial charge in [0.25, 0.3) is 11.4 Å². The third kappa shape index (κ3) is 6.71. The van der Waals surface area contributed by atoms with Crippen molar-refractivity contribution < 1.29 is 14.6 Å². The largest absolute Gasteiger partial charge is 0.385 e. The van der Waals surface area contributed by atoms with Crippen LogP contribution in [0.5, 0.6) is 0 Å². The first-order valence-corrected chi connectivity index (χ1v) is 8.19. The van der Waals surface area contributed by atoms with Gasteiger partial charge in [-0.3, -0.25) is 25.0 Å². The number of non-ortho nitro benzene ring substituents is 2. The summed E-state index contributed by atoms with van der Waals surface area (Å²) in [4.78, 5) is 32.1. The number of nitro groups is 2.